The van der Waals surface area contributed by atoms with Gasteiger partial charge in [0.1, 0.15) is 0 Å². The number of rotatable bonds is 3. The Balaban J connectivity index is 2.24. The van der Waals surface area contributed by atoms with Crippen molar-refractivity contribution in [1.82, 2.24) is 0 Å². The maximum atomic E-state index is 6.12. The molecule has 1 heterocycles. The quantitative estimate of drug-likeness (QED) is 0.555. The molecule has 1 aromatic carbocycles. The summed E-state index contributed by atoms with van der Waals surface area (Å²) in [5, 5.41) is 0. The summed E-state index contributed by atoms with van der Waals surface area (Å²) in [4.78, 5) is 0. The van der Waals surface area contributed by atoms with Crippen LogP contribution in [0.2, 0.25) is 0 Å². The van der Waals surface area contributed by atoms with Crippen LogP contribution in [0, 0.1) is 3.57 Å². The van der Waals surface area contributed by atoms with E-state index in [1.807, 2.05) is 0 Å². The lowest BCUT2D eigenvalue weighted by Crippen LogP contribution is -2.41. The maximum absolute atomic E-state index is 6.12. The minimum absolute atomic E-state index is 0.246. The lowest BCUT2D eigenvalue weighted by Gasteiger charge is -2.32. The fourth-order valence-electron chi connectivity index (χ4n) is 2.10. The Bertz CT molecular complexity index is 490. The van der Waals surface area contributed by atoms with Crippen LogP contribution in [0.1, 0.15) is 46.6 Å². The Kier molecular flexibility index (Phi) is 4.67. The van der Waals surface area contributed by atoms with E-state index < -0.39 is 0 Å². The highest BCUT2D eigenvalue weighted by Crippen LogP contribution is 2.39. The molecule has 0 amide bonds. The van der Waals surface area contributed by atoms with Crippen molar-refractivity contribution >= 4 is 35.8 Å². The molecule has 2 nitrogen and oxygen atoms in total. The second-order valence-corrected chi connectivity index (χ2v) is 7.46. The Morgan fingerprint density at radius 1 is 1.10 bits per heavy atom. The highest BCUT2D eigenvalue weighted by atomic mass is 127. The third kappa shape index (κ3) is 3.29. The van der Waals surface area contributed by atoms with Crippen LogP contribution < -0.4 is 0 Å². The fraction of sp³-hybridized carbons (Fsp3) is 0.500. The summed E-state index contributed by atoms with van der Waals surface area (Å²) in [7, 11) is -0.246. The molecule has 1 saturated heterocycles. The Labute approximate surface area is 136 Å². The average molecular weight is 384 g/mol. The number of halogens is 1. The standard InChI is InChI=1S/C16H22BIO2/c1-6-13(11-12-7-9-14(18)10-8-12)17-19-15(2,3)16(4,5)20-17/h7-11H,6H2,1-5H3/b13-11+. The molecular weight excluding hydrogens is 362 g/mol. The van der Waals surface area contributed by atoms with Crippen LogP contribution in [0.15, 0.2) is 29.7 Å². The van der Waals surface area contributed by atoms with Crippen molar-refractivity contribution in [3.05, 3.63) is 38.9 Å². The van der Waals surface area contributed by atoms with Crippen LogP contribution in [0.25, 0.3) is 6.08 Å². The van der Waals surface area contributed by atoms with E-state index in [4.69, 9.17) is 9.31 Å². The van der Waals surface area contributed by atoms with Gasteiger partial charge in [-0.05, 0) is 79.9 Å². The van der Waals surface area contributed by atoms with Crippen molar-refractivity contribution in [2.45, 2.75) is 52.2 Å². The third-order valence-electron chi connectivity index (χ3n) is 4.19. The molecule has 1 aliphatic rings. The summed E-state index contributed by atoms with van der Waals surface area (Å²) >= 11 is 2.32. The van der Waals surface area contributed by atoms with Gasteiger partial charge in [-0.15, -0.1) is 0 Å². The van der Waals surface area contributed by atoms with Crippen LogP contribution in [0.3, 0.4) is 0 Å². The Morgan fingerprint density at radius 3 is 2.05 bits per heavy atom. The topological polar surface area (TPSA) is 18.5 Å². The van der Waals surface area contributed by atoms with Gasteiger partial charge in [-0.2, -0.15) is 0 Å². The summed E-state index contributed by atoms with van der Waals surface area (Å²) in [6, 6.07) is 8.49. The molecule has 0 radical (unpaired) electrons. The first-order chi connectivity index (χ1) is 9.25. The van der Waals surface area contributed by atoms with Crippen molar-refractivity contribution in [3.8, 4) is 0 Å². The zero-order chi connectivity index (χ0) is 15.0. The largest absolute Gasteiger partial charge is 0.490 e. The molecule has 0 aromatic heterocycles. The number of allylic oxidation sites excluding steroid dienone is 1. The minimum atomic E-state index is -0.280. The molecule has 20 heavy (non-hydrogen) atoms. The molecule has 0 spiro atoms. The monoisotopic (exact) mass is 384 g/mol. The van der Waals surface area contributed by atoms with Gasteiger partial charge in [0.15, 0.2) is 0 Å². The van der Waals surface area contributed by atoms with E-state index in [9.17, 15) is 0 Å². The molecule has 0 aliphatic carbocycles. The lowest BCUT2D eigenvalue weighted by atomic mass is 9.75. The van der Waals surface area contributed by atoms with Crippen molar-refractivity contribution < 1.29 is 9.31 Å². The average Bonchev–Trinajstić information content (AvgIpc) is 2.57. The van der Waals surface area contributed by atoms with E-state index >= 15 is 0 Å². The van der Waals surface area contributed by atoms with E-state index in [0.29, 0.717) is 0 Å². The first-order valence-corrected chi connectivity index (χ1v) is 8.15. The van der Waals surface area contributed by atoms with E-state index in [0.717, 1.165) is 6.42 Å². The van der Waals surface area contributed by atoms with Gasteiger partial charge in [-0.25, -0.2) is 0 Å². The van der Waals surface area contributed by atoms with Crippen LogP contribution >= 0.6 is 22.6 Å². The molecule has 1 aromatic rings. The molecule has 1 aliphatic heterocycles. The lowest BCUT2D eigenvalue weighted by molar-refractivity contribution is 0.00578. The number of hydrogen-bond acceptors (Lipinski definition) is 2. The van der Waals surface area contributed by atoms with Crippen LogP contribution in [-0.4, -0.2) is 18.3 Å². The van der Waals surface area contributed by atoms with Gasteiger partial charge in [-0.3, -0.25) is 0 Å². The van der Waals surface area contributed by atoms with Gasteiger partial charge in [0.25, 0.3) is 0 Å². The second kappa shape index (κ2) is 5.81. The molecule has 4 heteroatoms. The maximum Gasteiger partial charge on any atom is 0.490 e. The van der Waals surface area contributed by atoms with Gasteiger partial charge < -0.3 is 9.31 Å². The molecule has 0 bridgehead atoms. The summed E-state index contributed by atoms with van der Waals surface area (Å²) in [6.45, 7) is 10.5. The number of benzene rings is 1. The molecule has 1 fully saturated rings. The van der Waals surface area contributed by atoms with E-state index in [-0.39, 0.29) is 18.3 Å². The molecule has 108 valence electrons. The zero-order valence-electron chi connectivity index (χ0n) is 12.9. The van der Waals surface area contributed by atoms with Gasteiger partial charge in [0.05, 0.1) is 11.2 Å². The van der Waals surface area contributed by atoms with Gasteiger partial charge in [0.2, 0.25) is 0 Å². The summed E-state index contributed by atoms with van der Waals surface area (Å²) in [6.07, 6.45) is 3.10. The van der Waals surface area contributed by atoms with Gasteiger partial charge in [0, 0.05) is 3.57 Å². The van der Waals surface area contributed by atoms with Crippen LogP contribution in [0.4, 0.5) is 0 Å². The van der Waals surface area contributed by atoms with Crippen molar-refractivity contribution in [3.63, 3.8) is 0 Å². The molecule has 0 saturated carbocycles. The van der Waals surface area contributed by atoms with Crippen molar-refractivity contribution in [2.24, 2.45) is 0 Å². The predicted molar refractivity (Wildman–Crippen MR) is 93.5 cm³/mol. The van der Waals surface area contributed by atoms with E-state index in [2.05, 4.69) is 87.6 Å². The molecule has 0 unspecified atom stereocenters. The highest BCUT2D eigenvalue weighted by molar-refractivity contribution is 14.1. The first kappa shape index (κ1) is 16.1. The van der Waals surface area contributed by atoms with Crippen molar-refractivity contribution in [2.75, 3.05) is 0 Å². The summed E-state index contributed by atoms with van der Waals surface area (Å²) < 4.78 is 13.5. The van der Waals surface area contributed by atoms with Gasteiger partial charge >= 0.3 is 7.12 Å². The number of hydrogen-bond donors (Lipinski definition) is 0. The van der Waals surface area contributed by atoms with E-state index in [1.165, 1.54) is 14.6 Å². The fourth-order valence-corrected chi connectivity index (χ4v) is 2.46. The third-order valence-corrected chi connectivity index (χ3v) is 4.91. The van der Waals surface area contributed by atoms with Crippen molar-refractivity contribution in [1.29, 1.82) is 0 Å². The Morgan fingerprint density at radius 2 is 1.60 bits per heavy atom. The molecule has 0 atom stereocenters. The Hall–Kier alpha value is -0.325. The SMILES string of the molecule is CC/C(=C\c1ccc(I)cc1)B1OC(C)(C)C(C)(C)O1. The highest BCUT2D eigenvalue weighted by Gasteiger charge is 2.51. The molecular formula is C16H22BIO2. The normalized spacial score (nSPS) is 21.3. The minimum Gasteiger partial charge on any atom is -0.400 e. The zero-order valence-corrected chi connectivity index (χ0v) is 15.0. The molecule has 0 N–H and O–H groups in total. The molecule has 2 rings (SSSR count). The smallest absolute Gasteiger partial charge is 0.400 e. The van der Waals surface area contributed by atoms with Crippen LogP contribution in [0.5, 0.6) is 0 Å². The van der Waals surface area contributed by atoms with E-state index in [1.54, 1.807) is 0 Å². The summed E-state index contributed by atoms with van der Waals surface area (Å²) in [5.41, 5.74) is 1.82. The van der Waals surface area contributed by atoms with Crippen LogP contribution in [-0.2, 0) is 9.31 Å². The first-order valence-electron chi connectivity index (χ1n) is 7.07. The summed E-state index contributed by atoms with van der Waals surface area (Å²) in [5.74, 6) is 0. The van der Waals surface area contributed by atoms with Gasteiger partial charge in [-0.1, -0.05) is 25.1 Å². The second-order valence-electron chi connectivity index (χ2n) is 6.21. The predicted octanol–water partition coefficient (Wildman–Crippen LogP) is 4.72.